The summed E-state index contributed by atoms with van der Waals surface area (Å²) in [6.45, 7) is 6.03. The number of hydrogen-bond donors (Lipinski definition) is 2. The molecule has 182 valence electrons. The van der Waals surface area contributed by atoms with Crippen molar-refractivity contribution in [3.05, 3.63) is 79.1 Å². The van der Waals surface area contributed by atoms with Crippen LogP contribution in [-0.4, -0.2) is 59.0 Å². The van der Waals surface area contributed by atoms with E-state index in [1.54, 1.807) is 18.5 Å². The third-order valence-electron chi connectivity index (χ3n) is 6.21. The predicted molar refractivity (Wildman–Crippen MR) is 146 cm³/mol. The molecule has 5 rings (SSSR count). The van der Waals surface area contributed by atoms with Crippen LogP contribution in [0.15, 0.2) is 79.1 Å². The van der Waals surface area contributed by atoms with Crippen LogP contribution in [0.2, 0.25) is 0 Å². The van der Waals surface area contributed by atoms with Crippen molar-refractivity contribution in [2.75, 3.05) is 48.8 Å². The van der Waals surface area contributed by atoms with Gasteiger partial charge in [0.15, 0.2) is 0 Å². The molecule has 4 aromatic rings. The summed E-state index contributed by atoms with van der Waals surface area (Å²) in [5.74, 6) is 0.328. The number of piperazine rings is 1. The monoisotopic (exact) mass is 479 g/mol. The SMILES string of the molecule is C/C=C/C(=O)Nc1cccc(-c2nccc3cnc(Nc4ccc(N5CCN(C)CC5)cc4)nc23)c1. The van der Waals surface area contributed by atoms with E-state index >= 15 is 0 Å². The highest BCUT2D eigenvalue weighted by Gasteiger charge is 2.14. The van der Waals surface area contributed by atoms with Crippen molar-refractivity contribution < 1.29 is 4.79 Å². The summed E-state index contributed by atoms with van der Waals surface area (Å²) in [5, 5.41) is 7.08. The van der Waals surface area contributed by atoms with E-state index in [1.165, 1.54) is 11.8 Å². The Morgan fingerprint density at radius 3 is 2.56 bits per heavy atom. The van der Waals surface area contributed by atoms with E-state index in [9.17, 15) is 4.79 Å². The minimum absolute atomic E-state index is 0.173. The Kier molecular flexibility index (Phi) is 6.86. The van der Waals surface area contributed by atoms with Crippen molar-refractivity contribution in [3.63, 3.8) is 0 Å². The third-order valence-corrected chi connectivity index (χ3v) is 6.21. The van der Waals surface area contributed by atoms with Gasteiger partial charge in [0.1, 0.15) is 5.52 Å². The number of carbonyl (C=O) groups excluding carboxylic acids is 1. The molecule has 8 heteroatoms. The molecule has 36 heavy (non-hydrogen) atoms. The molecule has 0 unspecified atom stereocenters. The lowest BCUT2D eigenvalue weighted by Gasteiger charge is -2.34. The highest BCUT2D eigenvalue weighted by atomic mass is 16.1. The summed E-state index contributed by atoms with van der Waals surface area (Å²) in [5.41, 5.74) is 5.17. The van der Waals surface area contributed by atoms with Gasteiger partial charge in [-0.3, -0.25) is 9.78 Å². The molecular formula is C28H29N7O. The number of likely N-dealkylation sites (N-methyl/N-ethyl adjacent to an activating group) is 1. The van der Waals surface area contributed by atoms with Gasteiger partial charge >= 0.3 is 0 Å². The Morgan fingerprint density at radius 2 is 1.78 bits per heavy atom. The lowest BCUT2D eigenvalue weighted by molar-refractivity contribution is -0.111. The molecule has 1 fully saturated rings. The van der Waals surface area contributed by atoms with Crippen molar-refractivity contribution in [1.29, 1.82) is 0 Å². The first kappa shape index (κ1) is 23.4. The Hall–Kier alpha value is -4.30. The molecule has 0 atom stereocenters. The van der Waals surface area contributed by atoms with E-state index in [0.717, 1.165) is 54.0 Å². The first-order valence-electron chi connectivity index (χ1n) is 12.1. The molecule has 2 aromatic carbocycles. The molecule has 0 saturated carbocycles. The molecule has 1 aliphatic rings. The molecule has 0 bridgehead atoms. The highest BCUT2D eigenvalue weighted by Crippen LogP contribution is 2.28. The van der Waals surface area contributed by atoms with E-state index in [0.29, 0.717) is 11.6 Å². The predicted octanol–water partition coefficient (Wildman–Crippen LogP) is 4.70. The molecule has 2 N–H and O–H groups in total. The van der Waals surface area contributed by atoms with Crippen molar-refractivity contribution in [3.8, 4) is 11.3 Å². The largest absolute Gasteiger partial charge is 0.369 e. The smallest absolute Gasteiger partial charge is 0.248 e. The van der Waals surface area contributed by atoms with Crippen LogP contribution in [0.4, 0.5) is 23.0 Å². The molecule has 1 aliphatic heterocycles. The average molecular weight is 480 g/mol. The van der Waals surface area contributed by atoms with Gasteiger partial charge in [0.25, 0.3) is 0 Å². The molecule has 1 saturated heterocycles. The van der Waals surface area contributed by atoms with E-state index in [2.05, 4.69) is 61.7 Å². The fraction of sp³-hybridized carbons (Fsp3) is 0.214. The maximum atomic E-state index is 12.0. The van der Waals surface area contributed by atoms with Gasteiger partial charge in [-0.1, -0.05) is 18.2 Å². The Bertz CT molecular complexity index is 1390. The van der Waals surface area contributed by atoms with Crippen molar-refractivity contribution in [1.82, 2.24) is 19.9 Å². The van der Waals surface area contributed by atoms with Crippen LogP contribution < -0.4 is 15.5 Å². The number of fused-ring (bicyclic) bond motifs is 1. The van der Waals surface area contributed by atoms with Gasteiger partial charge in [-0.25, -0.2) is 9.97 Å². The van der Waals surface area contributed by atoms with Crippen molar-refractivity contribution in [2.24, 2.45) is 0 Å². The van der Waals surface area contributed by atoms with Gasteiger partial charge in [0.2, 0.25) is 11.9 Å². The van der Waals surface area contributed by atoms with Gasteiger partial charge in [-0.15, -0.1) is 0 Å². The number of amides is 1. The number of aromatic nitrogens is 3. The Balaban J connectivity index is 1.38. The molecule has 0 aliphatic carbocycles. The van der Waals surface area contributed by atoms with Gasteiger partial charge in [-0.2, -0.15) is 0 Å². The standard InChI is InChI=1S/C28H29N7O/c1-3-5-25(36)31-23-7-4-6-20(18-23)26-27-21(12-13-29-26)19-30-28(33-27)32-22-8-10-24(11-9-22)35-16-14-34(2)15-17-35/h3-13,18-19H,14-17H2,1-2H3,(H,31,36)(H,30,32,33)/b5-3+. The maximum Gasteiger partial charge on any atom is 0.248 e. The van der Waals surface area contributed by atoms with Crippen LogP contribution in [0, 0.1) is 0 Å². The van der Waals surface area contributed by atoms with E-state index in [1.807, 2.05) is 37.3 Å². The quantitative estimate of drug-likeness (QED) is 0.388. The second-order valence-corrected chi connectivity index (χ2v) is 8.82. The summed E-state index contributed by atoms with van der Waals surface area (Å²) in [6.07, 6.45) is 6.74. The molecule has 0 radical (unpaired) electrons. The molecule has 0 spiro atoms. The molecule has 1 amide bonds. The number of nitrogens with one attached hydrogen (secondary N) is 2. The zero-order chi connectivity index (χ0) is 24.9. The summed E-state index contributed by atoms with van der Waals surface area (Å²) in [4.78, 5) is 30.6. The fourth-order valence-electron chi connectivity index (χ4n) is 4.26. The Morgan fingerprint density at radius 1 is 0.972 bits per heavy atom. The summed E-state index contributed by atoms with van der Waals surface area (Å²) >= 11 is 0. The fourth-order valence-corrected chi connectivity index (χ4v) is 4.26. The van der Waals surface area contributed by atoms with E-state index in [-0.39, 0.29) is 5.91 Å². The lowest BCUT2D eigenvalue weighted by atomic mass is 10.1. The van der Waals surface area contributed by atoms with Crippen molar-refractivity contribution >= 4 is 39.8 Å². The highest BCUT2D eigenvalue weighted by molar-refractivity contribution is 6.00. The number of carbonyl (C=O) groups is 1. The number of nitrogens with zero attached hydrogens (tertiary/aromatic N) is 5. The van der Waals surface area contributed by atoms with Gasteiger partial charge < -0.3 is 20.4 Å². The molecule has 8 nitrogen and oxygen atoms in total. The Labute approximate surface area is 210 Å². The number of allylic oxidation sites excluding steroid dienone is 1. The number of pyridine rings is 1. The number of benzene rings is 2. The van der Waals surface area contributed by atoms with E-state index in [4.69, 9.17) is 4.98 Å². The summed E-state index contributed by atoms with van der Waals surface area (Å²) < 4.78 is 0. The number of anilines is 4. The van der Waals surface area contributed by atoms with Gasteiger partial charge in [0.05, 0.1) is 5.69 Å². The molecule has 2 aromatic heterocycles. The zero-order valence-electron chi connectivity index (χ0n) is 20.5. The first-order chi connectivity index (χ1) is 17.6. The normalized spacial score (nSPS) is 14.3. The summed E-state index contributed by atoms with van der Waals surface area (Å²) in [6, 6.07) is 17.9. The van der Waals surface area contributed by atoms with Crippen molar-refractivity contribution in [2.45, 2.75) is 6.92 Å². The second kappa shape index (κ2) is 10.5. The van der Waals surface area contributed by atoms with Crippen LogP contribution in [0.1, 0.15) is 6.92 Å². The number of rotatable bonds is 6. The number of hydrogen-bond acceptors (Lipinski definition) is 7. The molecular weight excluding hydrogens is 450 g/mol. The lowest BCUT2D eigenvalue weighted by Crippen LogP contribution is -2.44. The van der Waals surface area contributed by atoms with Crippen LogP contribution in [0.3, 0.4) is 0 Å². The minimum Gasteiger partial charge on any atom is -0.369 e. The second-order valence-electron chi connectivity index (χ2n) is 8.82. The van der Waals surface area contributed by atoms with Crippen LogP contribution >= 0.6 is 0 Å². The summed E-state index contributed by atoms with van der Waals surface area (Å²) in [7, 11) is 2.16. The zero-order valence-corrected chi connectivity index (χ0v) is 20.5. The topological polar surface area (TPSA) is 86.3 Å². The van der Waals surface area contributed by atoms with Crippen LogP contribution in [0.5, 0.6) is 0 Å². The minimum atomic E-state index is -0.173. The van der Waals surface area contributed by atoms with Gasteiger partial charge in [-0.05, 0) is 62.5 Å². The molecule has 3 heterocycles. The first-order valence-corrected chi connectivity index (χ1v) is 12.1. The van der Waals surface area contributed by atoms with Gasteiger partial charge in [0, 0.05) is 66.6 Å². The van der Waals surface area contributed by atoms with E-state index < -0.39 is 0 Å². The maximum absolute atomic E-state index is 12.0. The van der Waals surface area contributed by atoms with Crippen LogP contribution in [0.25, 0.3) is 22.2 Å². The average Bonchev–Trinajstić information content (AvgIpc) is 2.89. The van der Waals surface area contributed by atoms with Crippen LogP contribution in [-0.2, 0) is 4.79 Å². The third kappa shape index (κ3) is 5.34.